The molecule has 0 spiro atoms. The lowest BCUT2D eigenvalue weighted by Gasteiger charge is -2.17. The average molecular weight is 257 g/mol. The zero-order chi connectivity index (χ0) is 13.7. The van der Waals surface area contributed by atoms with E-state index < -0.39 is 6.04 Å². The van der Waals surface area contributed by atoms with Crippen molar-refractivity contribution in [1.82, 2.24) is 5.32 Å². The van der Waals surface area contributed by atoms with E-state index in [9.17, 15) is 4.79 Å². The van der Waals surface area contributed by atoms with E-state index in [1.54, 1.807) is 6.92 Å². The van der Waals surface area contributed by atoms with E-state index >= 15 is 0 Å². The number of carbonyl (C=O) groups is 1. The number of carbonyl (C=O) groups excluding carboxylic acids is 1. The van der Waals surface area contributed by atoms with Crippen LogP contribution in [-0.2, 0) is 9.53 Å². The van der Waals surface area contributed by atoms with Gasteiger partial charge in [-0.3, -0.25) is 5.32 Å². The summed E-state index contributed by atoms with van der Waals surface area (Å²) in [5.74, 6) is 2.89. The summed E-state index contributed by atoms with van der Waals surface area (Å²) < 4.78 is 5.10. The highest BCUT2D eigenvalue weighted by molar-refractivity contribution is 5.77. The van der Waals surface area contributed by atoms with Crippen LogP contribution in [0.5, 0.6) is 0 Å². The van der Waals surface area contributed by atoms with Gasteiger partial charge in [0.15, 0.2) is 0 Å². The molecule has 0 amide bonds. The molecule has 0 aliphatic heterocycles. The Labute approximate surface area is 114 Å². The average Bonchev–Trinajstić information content (AvgIpc) is 3.24. The summed E-state index contributed by atoms with van der Waals surface area (Å²) >= 11 is 0. The number of hydrogen-bond donors (Lipinski definition) is 1. The molecule has 1 aromatic carbocycles. The van der Waals surface area contributed by atoms with Crippen LogP contribution in [0.3, 0.4) is 0 Å². The van der Waals surface area contributed by atoms with Crippen LogP contribution in [-0.4, -0.2) is 19.1 Å². The third kappa shape index (κ3) is 3.59. The summed E-state index contributed by atoms with van der Waals surface area (Å²) in [4.78, 5) is 12.0. The minimum atomic E-state index is -0.477. The molecule has 1 atom stereocenters. The minimum absolute atomic E-state index is 0.273. The van der Waals surface area contributed by atoms with Gasteiger partial charge in [0.1, 0.15) is 6.04 Å². The number of hydrogen-bond acceptors (Lipinski definition) is 3. The Morgan fingerprint density at radius 3 is 3.00 bits per heavy atom. The second kappa shape index (κ2) is 6.40. The van der Waals surface area contributed by atoms with Crippen molar-refractivity contribution in [3.05, 3.63) is 35.4 Å². The number of nitrogens with one attached hydrogen (secondary N) is 1. The van der Waals surface area contributed by atoms with Crippen molar-refractivity contribution in [2.75, 3.05) is 13.2 Å². The van der Waals surface area contributed by atoms with Crippen molar-refractivity contribution in [1.29, 1.82) is 0 Å². The molecule has 0 aromatic heterocycles. The minimum Gasteiger partial charge on any atom is -0.465 e. The van der Waals surface area contributed by atoms with Crippen molar-refractivity contribution in [2.45, 2.75) is 31.7 Å². The molecule has 1 fully saturated rings. The predicted octanol–water partition coefficient (Wildman–Crippen LogP) is 2.39. The standard InChI is InChI=1S/C16H19NO2/c1-3-10-17-15(16(18)19-4-2)14-7-5-6-13(11-14)12-8-9-12/h1,5-7,11-12,15,17H,4,8-10H2,2H3. The molecule has 100 valence electrons. The van der Waals surface area contributed by atoms with Crippen LogP contribution in [0.25, 0.3) is 0 Å². The van der Waals surface area contributed by atoms with Gasteiger partial charge in [-0.1, -0.05) is 30.2 Å². The highest BCUT2D eigenvalue weighted by atomic mass is 16.5. The molecule has 0 saturated heterocycles. The molecule has 1 aliphatic carbocycles. The Hall–Kier alpha value is -1.79. The number of benzene rings is 1. The Morgan fingerprint density at radius 2 is 2.37 bits per heavy atom. The summed E-state index contributed by atoms with van der Waals surface area (Å²) in [6.07, 6.45) is 7.74. The van der Waals surface area contributed by atoms with Crippen LogP contribution >= 0.6 is 0 Å². The first-order valence-corrected chi connectivity index (χ1v) is 6.69. The predicted molar refractivity (Wildman–Crippen MR) is 74.6 cm³/mol. The fourth-order valence-electron chi connectivity index (χ4n) is 2.13. The van der Waals surface area contributed by atoms with E-state index in [0.29, 0.717) is 19.1 Å². The van der Waals surface area contributed by atoms with Crippen molar-refractivity contribution < 1.29 is 9.53 Å². The molecule has 0 bridgehead atoms. The first-order valence-electron chi connectivity index (χ1n) is 6.69. The number of esters is 1. The molecule has 1 aliphatic rings. The first kappa shape index (κ1) is 13.6. The quantitative estimate of drug-likeness (QED) is 0.628. The fraction of sp³-hybridized carbons (Fsp3) is 0.438. The third-order valence-electron chi connectivity index (χ3n) is 3.22. The first-order chi connectivity index (χ1) is 9.26. The molecule has 1 aromatic rings. The van der Waals surface area contributed by atoms with Crippen LogP contribution in [0.2, 0.25) is 0 Å². The zero-order valence-corrected chi connectivity index (χ0v) is 11.2. The van der Waals surface area contributed by atoms with E-state index in [0.717, 1.165) is 5.56 Å². The van der Waals surface area contributed by atoms with Crippen LogP contribution in [0.15, 0.2) is 24.3 Å². The summed E-state index contributed by atoms with van der Waals surface area (Å²) in [6, 6.07) is 7.66. The van der Waals surface area contributed by atoms with Gasteiger partial charge in [0, 0.05) is 0 Å². The molecule has 3 heteroatoms. The van der Waals surface area contributed by atoms with Crippen LogP contribution in [0.4, 0.5) is 0 Å². The Morgan fingerprint density at radius 1 is 1.58 bits per heavy atom. The summed E-state index contributed by atoms with van der Waals surface area (Å²) in [5.41, 5.74) is 2.23. The summed E-state index contributed by atoms with van der Waals surface area (Å²) in [6.45, 7) is 2.52. The lowest BCUT2D eigenvalue weighted by molar-refractivity contribution is -0.145. The summed E-state index contributed by atoms with van der Waals surface area (Å²) in [7, 11) is 0. The molecule has 1 unspecified atom stereocenters. The lowest BCUT2D eigenvalue weighted by Crippen LogP contribution is -2.30. The number of ether oxygens (including phenoxy) is 1. The maximum atomic E-state index is 12.0. The van der Waals surface area contributed by atoms with Crippen LogP contribution in [0, 0.1) is 12.3 Å². The molecule has 2 rings (SSSR count). The van der Waals surface area contributed by atoms with Crippen molar-refractivity contribution in [2.24, 2.45) is 0 Å². The SMILES string of the molecule is C#CCNC(C(=O)OCC)c1cccc(C2CC2)c1. The fourth-order valence-corrected chi connectivity index (χ4v) is 2.13. The topological polar surface area (TPSA) is 38.3 Å². The second-order valence-corrected chi connectivity index (χ2v) is 4.71. The van der Waals surface area contributed by atoms with Crippen molar-refractivity contribution in [3.8, 4) is 12.3 Å². The molecule has 1 saturated carbocycles. The van der Waals surface area contributed by atoms with Gasteiger partial charge in [-0.15, -0.1) is 6.42 Å². The van der Waals surface area contributed by atoms with E-state index in [-0.39, 0.29) is 5.97 Å². The maximum absolute atomic E-state index is 12.0. The molecule has 0 radical (unpaired) electrons. The highest BCUT2D eigenvalue weighted by Gasteiger charge is 2.26. The maximum Gasteiger partial charge on any atom is 0.327 e. The summed E-state index contributed by atoms with van der Waals surface area (Å²) in [5, 5.41) is 3.05. The van der Waals surface area contributed by atoms with Gasteiger partial charge in [0.25, 0.3) is 0 Å². The van der Waals surface area contributed by atoms with Gasteiger partial charge in [0.2, 0.25) is 0 Å². The molecule has 3 nitrogen and oxygen atoms in total. The lowest BCUT2D eigenvalue weighted by atomic mass is 10.0. The number of rotatable bonds is 6. The van der Waals surface area contributed by atoms with Crippen molar-refractivity contribution in [3.63, 3.8) is 0 Å². The monoisotopic (exact) mass is 257 g/mol. The Bertz CT molecular complexity index is 486. The third-order valence-corrected chi connectivity index (χ3v) is 3.22. The molecule has 19 heavy (non-hydrogen) atoms. The van der Waals surface area contributed by atoms with E-state index in [4.69, 9.17) is 11.2 Å². The molecule has 0 heterocycles. The van der Waals surface area contributed by atoms with E-state index in [1.807, 2.05) is 12.1 Å². The van der Waals surface area contributed by atoms with Gasteiger partial charge in [-0.25, -0.2) is 4.79 Å². The van der Waals surface area contributed by atoms with Gasteiger partial charge >= 0.3 is 5.97 Å². The van der Waals surface area contributed by atoms with Gasteiger partial charge in [-0.05, 0) is 36.8 Å². The largest absolute Gasteiger partial charge is 0.465 e. The molecular weight excluding hydrogens is 238 g/mol. The highest BCUT2D eigenvalue weighted by Crippen LogP contribution is 2.40. The Balaban J connectivity index is 2.18. The normalized spacial score (nSPS) is 15.6. The van der Waals surface area contributed by atoms with E-state index in [1.165, 1.54) is 18.4 Å². The second-order valence-electron chi connectivity index (χ2n) is 4.71. The zero-order valence-electron chi connectivity index (χ0n) is 11.2. The van der Waals surface area contributed by atoms with E-state index in [2.05, 4.69) is 23.4 Å². The smallest absolute Gasteiger partial charge is 0.327 e. The van der Waals surface area contributed by atoms with Crippen LogP contribution in [0.1, 0.15) is 42.9 Å². The van der Waals surface area contributed by atoms with Gasteiger partial charge in [0.05, 0.1) is 13.2 Å². The van der Waals surface area contributed by atoms with Gasteiger partial charge < -0.3 is 4.74 Å². The molecule has 1 N–H and O–H groups in total. The Kier molecular flexibility index (Phi) is 4.59. The van der Waals surface area contributed by atoms with Crippen molar-refractivity contribution >= 4 is 5.97 Å². The van der Waals surface area contributed by atoms with Gasteiger partial charge in [-0.2, -0.15) is 0 Å². The number of terminal acetylenes is 1. The van der Waals surface area contributed by atoms with Crippen LogP contribution < -0.4 is 5.32 Å². The molecular formula is C16H19NO2.